The lowest BCUT2D eigenvalue weighted by Crippen LogP contribution is -2.24. The topological polar surface area (TPSA) is 122 Å². The fraction of sp³-hybridized carbons (Fsp3) is 0.125. The number of hydrogen-bond acceptors (Lipinski definition) is 5. The van der Waals surface area contributed by atoms with Gasteiger partial charge in [-0.2, -0.15) is 0 Å². The Morgan fingerprint density at radius 1 is 0.941 bits per heavy atom. The molecule has 10 heteroatoms. The lowest BCUT2D eigenvalue weighted by atomic mass is 10.1. The highest BCUT2D eigenvalue weighted by atomic mass is 35.5. The first kappa shape index (κ1) is 22.9. The Labute approximate surface area is 199 Å². The van der Waals surface area contributed by atoms with Crippen LogP contribution in [0.15, 0.2) is 66.7 Å². The van der Waals surface area contributed by atoms with Crippen molar-refractivity contribution >= 4 is 52.1 Å². The zero-order valence-electron chi connectivity index (χ0n) is 17.8. The van der Waals surface area contributed by atoms with Crippen LogP contribution >= 0.6 is 11.6 Å². The predicted octanol–water partition coefficient (Wildman–Crippen LogP) is 4.88. The zero-order valence-corrected chi connectivity index (χ0v) is 18.5. The van der Waals surface area contributed by atoms with E-state index in [9.17, 15) is 24.5 Å². The van der Waals surface area contributed by atoms with Gasteiger partial charge in [0.25, 0.3) is 17.5 Å². The Hall–Kier alpha value is -4.24. The number of non-ortho nitro benzene ring substituents is 1. The summed E-state index contributed by atoms with van der Waals surface area (Å²) in [5.41, 5.74) is 1.45. The molecular formula is C24H19ClN4O5. The molecule has 0 radical (unpaired) electrons. The molecule has 1 aliphatic rings. The van der Waals surface area contributed by atoms with Gasteiger partial charge >= 0.3 is 0 Å². The quantitative estimate of drug-likeness (QED) is 0.386. The summed E-state index contributed by atoms with van der Waals surface area (Å²) in [5.74, 6) is -1.04. The van der Waals surface area contributed by atoms with E-state index in [-0.39, 0.29) is 33.4 Å². The van der Waals surface area contributed by atoms with Crippen molar-refractivity contribution in [1.29, 1.82) is 0 Å². The van der Waals surface area contributed by atoms with Crippen LogP contribution in [0.3, 0.4) is 0 Å². The molecule has 0 saturated carbocycles. The fourth-order valence-electron chi connectivity index (χ4n) is 3.65. The van der Waals surface area contributed by atoms with Crippen molar-refractivity contribution in [1.82, 2.24) is 0 Å². The molecule has 1 aliphatic heterocycles. The van der Waals surface area contributed by atoms with E-state index in [4.69, 9.17) is 11.6 Å². The highest BCUT2D eigenvalue weighted by molar-refractivity contribution is 6.34. The zero-order chi connectivity index (χ0) is 24.2. The average molecular weight is 479 g/mol. The van der Waals surface area contributed by atoms with Gasteiger partial charge in [-0.1, -0.05) is 29.8 Å². The number of rotatable bonds is 6. The summed E-state index contributed by atoms with van der Waals surface area (Å²) in [4.78, 5) is 49.7. The molecule has 1 heterocycles. The number of benzene rings is 3. The smallest absolute Gasteiger partial charge is 0.270 e. The van der Waals surface area contributed by atoms with E-state index in [2.05, 4.69) is 10.6 Å². The maximum Gasteiger partial charge on any atom is 0.270 e. The first-order valence-corrected chi connectivity index (χ1v) is 10.8. The van der Waals surface area contributed by atoms with Gasteiger partial charge in [-0.25, -0.2) is 0 Å². The van der Waals surface area contributed by atoms with Crippen molar-refractivity contribution in [3.8, 4) is 0 Å². The molecular weight excluding hydrogens is 460 g/mol. The number of anilines is 3. The van der Waals surface area contributed by atoms with Gasteiger partial charge in [-0.3, -0.25) is 24.5 Å². The normalized spacial score (nSPS) is 13.0. The van der Waals surface area contributed by atoms with Gasteiger partial charge in [-0.15, -0.1) is 0 Å². The standard InChI is InChI=1S/C24H19ClN4O5/c25-20-14-17(29(33)34)10-11-18(20)23(31)27-21-8-2-1-7-19(21)24(32)26-15-5-3-6-16(13-15)28-12-4-9-22(28)30/h1-3,5-8,10-11,13-14H,4,9,12H2,(H,26,32)(H,27,31). The summed E-state index contributed by atoms with van der Waals surface area (Å²) in [5, 5.41) is 16.2. The van der Waals surface area contributed by atoms with Crippen LogP contribution in [0.5, 0.6) is 0 Å². The Kier molecular flexibility index (Phi) is 6.55. The number of nitrogens with zero attached hydrogens (tertiary/aromatic N) is 2. The highest BCUT2D eigenvalue weighted by Gasteiger charge is 2.22. The van der Waals surface area contributed by atoms with Crippen LogP contribution in [0.2, 0.25) is 5.02 Å². The number of halogens is 1. The number of nitro benzene ring substituents is 1. The minimum atomic E-state index is -0.616. The summed E-state index contributed by atoms with van der Waals surface area (Å²) >= 11 is 6.05. The van der Waals surface area contributed by atoms with E-state index >= 15 is 0 Å². The molecule has 0 atom stereocenters. The molecule has 172 valence electrons. The second-order valence-corrected chi connectivity index (χ2v) is 7.98. The van der Waals surface area contributed by atoms with Crippen molar-refractivity contribution in [2.75, 3.05) is 22.1 Å². The highest BCUT2D eigenvalue weighted by Crippen LogP contribution is 2.27. The van der Waals surface area contributed by atoms with E-state index in [1.165, 1.54) is 12.1 Å². The molecule has 34 heavy (non-hydrogen) atoms. The van der Waals surface area contributed by atoms with E-state index < -0.39 is 16.7 Å². The number of carbonyl (C=O) groups excluding carboxylic acids is 3. The van der Waals surface area contributed by atoms with E-state index in [0.29, 0.717) is 24.3 Å². The van der Waals surface area contributed by atoms with Gasteiger partial charge in [0, 0.05) is 36.5 Å². The van der Waals surface area contributed by atoms with Crippen LogP contribution in [0.1, 0.15) is 33.6 Å². The molecule has 0 bridgehead atoms. The number of hydrogen-bond donors (Lipinski definition) is 2. The summed E-state index contributed by atoms with van der Waals surface area (Å²) in [6, 6.07) is 16.9. The Balaban J connectivity index is 1.52. The van der Waals surface area contributed by atoms with Gasteiger partial charge in [0.1, 0.15) is 0 Å². The summed E-state index contributed by atoms with van der Waals surface area (Å²) in [7, 11) is 0. The molecule has 2 N–H and O–H groups in total. The summed E-state index contributed by atoms with van der Waals surface area (Å²) < 4.78 is 0. The molecule has 9 nitrogen and oxygen atoms in total. The Morgan fingerprint density at radius 2 is 1.71 bits per heavy atom. The summed E-state index contributed by atoms with van der Waals surface area (Å²) in [6.45, 7) is 0.635. The van der Waals surface area contributed by atoms with E-state index in [0.717, 1.165) is 12.5 Å². The maximum absolute atomic E-state index is 13.0. The molecule has 3 amide bonds. The second-order valence-electron chi connectivity index (χ2n) is 7.57. The number of amides is 3. The third kappa shape index (κ3) is 4.89. The molecule has 0 unspecified atom stereocenters. The minimum absolute atomic E-state index is 0.0328. The van der Waals surface area contributed by atoms with Crippen LogP contribution in [0.25, 0.3) is 0 Å². The molecule has 1 saturated heterocycles. The van der Waals surface area contributed by atoms with Gasteiger partial charge in [0.15, 0.2) is 0 Å². The molecule has 3 aromatic carbocycles. The van der Waals surface area contributed by atoms with Crippen molar-refractivity contribution in [2.45, 2.75) is 12.8 Å². The van der Waals surface area contributed by atoms with Crippen molar-refractivity contribution in [2.24, 2.45) is 0 Å². The van der Waals surface area contributed by atoms with Crippen molar-refractivity contribution < 1.29 is 19.3 Å². The van der Waals surface area contributed by atoms with Crippen LogP contribution in [0.4, 0.5) is 22.7 Å². The first-order chi connectivity index (χ1) is 16.3. The fourth-order valence-corrected chi connectivity index (χ4v) is 3.91. The Bertz CT molecular complexity index is 1310. The monoisotopic (exact) mass is 478 g/mol. The van der Waals surface area contributed by atoms with Crippen molar-refractivity contribution in [3.63, 3.8) is 0 Å². The third-order valence-electron chi connectivity index (χ3n) is 5.32. The average Bonchev–Trinajstić information content (AvgIpc) is 3.25. The first-order valence-electron chi connectivity index (χ1n) is 10.4. The van der Waals surface area contributed by atoms with E-state index in [1.54, 1.807) is 53.4 Å². The largest absolute Gasteiger partial charge is 0.322 e. The van der Waals surface area contributed by atoms with Gasteiger partial charge < -0.3 is 15.5 Å². The van der Waals surface area contributed by atoms with Gasteiger partial charge in [-0.05, 0) is 42.8 Å². The van der Waals surface area contributed by atoms with Crippen LogP contribution in [-0.4, -0.2) is 29.2 Å². The number of nitro groups is 1. The number of carbonyl (C=O) groups is 3. The van der Waals surface area contributed by atoms with Gasteiger partial charge in [0.2, 0.25) is 5.91 Å². The molecule has 1 fully saturated rings. The SMILES string of the molecule is O=C(Nc1ccccc1C(=O)Nc1cccc(N2CCCC2=O)c1)c1ccc([N+](=O)[O-])cc1Cl. The van der Waals surface area contributed by atoms with Gasteiger partial charge in [0.05, 0.1) is 26.8 Å². The molecule has 0 aliphatic carbocycles. The van der Waals surface area contributed by atoms with Crippen molar-refractivity contribution in [3.05, 3.63) is 93.0 Å². The molecule has 0 aromatic heterocycles. The number of nitrogens with one attached hydrogen (secondary N) is 2. The van der Waals surface area contributed by atoms with Crippen LogP contribution < -0.4 is 15.5 Å². The lowest BCUT2D eigenvalue weighted by molar-refractivity contribution is -0.384. The molecule has 3 aromatic rings. The molecule has 4 rings (SSSR count). The van der Waals surface area contributed by atoms with Crippen LogP contribution in [-0.2, 0) is 4.79 Å². The molecule has 0 spiro atoms. The van der Waals surface area contributed by atoms with Crippen LogP contribution in [0, 0.1) is 10.1 Å². The minimum Gasteiger partial charge on any atom is -0.322 e. The second kappa shape index (κ2) is 9.72. The predicted molar refractivity (Wildman–Crippen MR) is 128 cm³/mol. The third-order valence-corrected chi connectivity index (χ3v) is 5.63. The summed E-state index contributed by atoms with van der Waals surface area (Å²) in [6.07, 6.45) is 1.30. The number of para-hydroxylation sites is 1. The van der Waals surface area contributed by atoms with E-state index in [1.807, 2.05) is 0 Å². The Morgan fingerprint density at radius 3 is 2.41 bits per heavy atom. The lowest BCUT2D eigenvalue weighted by Gasteiger charge is -2.17. The maximum atomic E-state index is 13.0.